The van der Waals surface area contributed by atoms with Gasteiger partial charge in [0.25, 0.3) is 0 Å². The van der Waals surface area contributed by atoms with Crippen LogP contribution in [0.3, 0.4) is 0 Å². The molecule has 102 valence electrons. The van der Waals surface area contributed by atoms with Gasteiger partial charge in [0.05, 0.1) is 12.7 Å². The molecule has 18 heavy (non-hydrogen) atoms. The Morgan fingerprint density at radius 3 is 2.39 bits per heavy atom. The van der Waals surface area contributed by atoms with Crippen LogP contribution in [0.15, 0.2) is 24.3 Å². The van der Waals surface area contributed by atoms with Gasteiger partial charge in [-0.25, -0.2) is 0 Å². The second-order valence-electron chi connectivity index (χ2n) is 4.94. The average molecular weight is 250 g/mol. The molecule has 0 saturated heterocycles. The van der Waals surface area contributed by atoms with Crippen LogP contribution in [-0.2, 0) is 11.3 Å². The van der Waals surface area contributed by atoms with Gasteiger partial charge in [0.2, 0.25) is 0 Å². The molecule has 0 atom stereocenters. The van der Waals surface area contributed by atoms with E-state index in [9.17, 15) is 0 Å². The Morgan fingerprint density at radius 1 is 1.17 bits per heavy atom. The molecule has 0 aromatic heterocycles. The van der Waals surface area contributed by atoms with E-state index >= 15 is 0 Å². The van der Waals surface area contributed by atoms with Crippen molar-refractivity contribution >= 4 is 5.69 Å². The first-order valence-corrected chi connectivity index (χ1v) is 6.80. The molecule has 2 N–H and O–H groups in total. The molecule has 0 radical (unpaired) electrons. The molecule has 1 aromatic carbocycles. The first kappa shape index (κ1) is 15.0. The standard InChI is InChI=1S/C15H26N2O/c1-4-9-17(10-11-18-13(2)3)12-14-5-7-15(16)8-6-14/h5-8,13H,4,9-12,16H2,1-3H3. The van der Waals surface area contributed by atoms with Crippen LogP contribution >= 0.6 is 0 Å². The van der Waals surface area contributed by atoms with Crippen molar-refractivity contribution in [3.05, 3.63) is 29.8 Å². The summed E-state index contributed by atoms with van der Waals surface area (Å²) in [6.07, 6.45) is 1.47. The molecule has 0 bridgehead atoms. The Bertz CT molecular complexity index is 322. The Morgan fingerprint density at radius 2 is 1.83 bits per heavy atom. The topological polar surface area (TPSA) is 38.5 Å². The van der Waals surface area contributed by atoms with E-state index < -0.39 is 0 Å². The molecule has 0 aliphatic heterocycles. The van der Waals surface area contributed by atoms with Gasteiger partial charge in [0.15, 0.2) is 0 Å². The number of nitrogens with zero attached hydrogens (tertiary/aromatic N) is 1. The molecular formula is C15H26N2O. The highest BCUT2D eigenvalue weighted by molar-refractivity contribution is 5.39. The van der Waals surface area contributed by atoms with Crippen molar-refractivity contribution in [2.24, 2.45) is 0 Å². The summed E-state index contributed by atoms with van der Waals surface area (Å²) in [5.41, 5.74) is 7.83. The van der Waals surface area contributed by atoms with Gasteiger partial charge in [0, 0.05) is 18.8 Å². The Hall–Kier alpha value is -1.06. The molecule has 3 nitrogen and oxygen atoms in total. The maximum absolute atomic E-state index is 5.70. The van der Waals surface area contributed by atoms with E-state index in [2.05, 4.69) is 37.8 Å². The Kier molecular flexibility index (Phi) is 6.76. The molecule has 0 aliphatic carbocycles. The molecule has 0 saturated carbocycles. The number of ether oxygens (including phenoxy) is 1. The summed E-state index contributed by atoms with van der Waals surface area (Å²) in [6, 6.07) is 8.12. The monoisotopic (exact) mass is 250 g/mol. The second kappa shape index (κ2) is 8.11. The minimum atomic E-state index is 0.310. The zero-order valence-corrected chi connectivity index (χ0v) is 11.9. The molecule has 1 aromatic rings. The van der Waals surface area contributed by atoms with E-state index in [1.54, 1.807) is 0 Å². The van der Waals surface area contributed by atoms with Gasteiger partial charge in [-0.15, -0.1) is 0 Å². The highest BCUT2D eigenvalue weighted by atomic mass is 16.5. The minimum absolute atomic E-state index is 0.310. The third-order valence-corrected chi connectivity index (χ3v) is 2.78. The third kappa shape index (κ3) is 6.03. The quantitative estimate of drug-likeness (QED) is 0.721. The van der Waals surface area contributed by atoms with Gasteiger partial charge < -0.3 is 10.5 Å². The summed E-state index contributed by atoms with van der Waals surface area (Å²) in [7, 11) is 0. The van der Waals surface area contributed by atoms with Crippen molar-refractivity contribution in [2.75, 3.05) is 25.4 Å². The lowest BCUT2D eigenvalue weighted by Crippen LogP contribution is -2.28. The molecular weight excluding hydrogens is 224 g/mol. The van der Waals surface area contributed by atoms with Crippen molar-refractivity contribution in [3.63, 3.8) is 0 Å². The maximum atomic E-state index is 5.70. The lowest BCUT2D eigenvalue weighted by molar-refractivity contribution is 0.0574. The SMILES string of the molecule is CCCN(CCOC(C)C)Cc1ccc(N)cc1. The molecule has 0 heterocycles. The van der Waals surface area contributed by atoms with Crippen LogP contribution in [0.4, 0.5) is 5.69 Å². The van der Waals surface area contributed by atoms with Crippen molar-refractivity contribution < 1.29 is 4.74 Å². The summed E-state index contributed by atoms with van der Waals surface area (Å²) in [5.74, 6) is 0. The first-order valence-electron chi connectivity index (χ1n) is 6.80. The fourth-order valence-corrected chi connectivity index (χ4v) is 1.88. The van der Waals surface area contributed by atoms with Crippen LogP contribution in [0.1, 0.15) is 32.8 Å². The van der Waals surface area contributed by atoms with Crippen molar-refractivity contribution in [2.45, 2.75) is 39.8 Å². The summed E-state index contributed by atoms with van der Waals surface area (Å²) in [4.78, 5) is 2.42. The van der Waals surface area contributed by atoms with Crippen molar-refractivity contribution in [1.82, 2.24) is 4.90 Å². The minimum Gasteiger partial charge on any atom is -0.399 e. The van der Waals surface area contributed by atoms with E-state index in [0.717, 1.165) is 38.3 Å². The van der Waals surface area contributed by atoms with Gasteiger partial charge >= 0.3 is 0 Å². The predicted octanol–water partition coefficient (Wildman–Crippen LogP) is 2.91. The van der Waals surface area contributed by atoms with E-state index in [0.29, 0.717) is 6.10 Å². The first-order chi connectivity index (χ1) is 8.61. The van der Waals surface area contributed by atoms with Gasteiger partial charge in [-0.1, -0.05) is 19.1 Å². The summed E-state index contributed by atoms with van der Waals surface area (Å²) >= 11 is 0. The van der Waals surface area contributed by atoms with Crippen LogP contribution in [-0.4, -0.2) is 30.7 Å². The number of rotatable bonds is 8. The number of hydrogen-bond donors (Lipinski definition) is 1. The largest absolute Gasteiger partial charge is 0.399 e. The lowest BCUT2D eigenvalue weighted by Gasteiger charge is -2.22. The van der Waals surface area contributed by atoms with Gasteiger partial charge in [-0.05, 0) is 44.5 Å². The van der Waals surface area contributed by atoms with Gasteiger partial charge in [-0.3, -0.25) is 4.90 Å². The molecule has 3 heteroatoms. The summed E-state index contributed by atoms with van der Waals surface area (Å²) < 4.78 is 5.61. The summed E-state index contributed by atoms with van der Waals surface area (Å²) in [6.45, 7) is 10.2. The fourth-order valence-electron chi connectivity index (χ4n) is 1.88. The maximum Gasteiger partial charge on any atom is 0.0597 e. The molecule has 0 fully saturated rings. The number of nitrogens with two attached hydrogens (primary N) is 1. The number of hydrogen-bond acceptors (Lipinski definition) is 3. The average Bonchev–Trinajstić information content (AvgIpc) is 2.32. The van der Waals surface area contributed by atoms with E-state index in [4.69, 9.17) is 10.5 Å². The third-order valence-electron chi connectivity index (χ3n) is 2.78. The molecule has 0 spiro atoms. The zero-order valence-electron chi connectivity index (χ0n) is 11.9. The van der Waals surface area contributed by atoms with Crippen molar-refractivity contribution in [1.29, 1.82) is 0 Å². The van der Waals surface area contributed by atoms with Gasteiger partial charge in [-0.2, -0.15) is 0 Å². The van der Waals surface area contributed by atoms with Gasteiger partial charge in [0.1, 0.15) is 0 Å². The van der Waals surface area contributed by atoms with Crippen molar-refractivity contribution in [3.8, 4) is 0 Å². The predicted molar refractivity (Wildman–Crippen MR) is 77.5 cm³/mol. The highest BCUT2D eigenvalue weighted by Gasteiger charge is 2.05. The Labute approximate surface area is 111 Å². The fraction of sp³-hybridized carbons (Fsp3) is 0.600. The number of nitrogen functional groups attached to an aromatic ring is 1. The molecule has 0 unspecified atom stereocenters. The van der Waals surface area contributed by atoms with Crippen LogP contribution in [0.2, 0.25) is 0 Å². The molecule has 0 amide bonds. The van der Waals surface area contributed by atoms with Crippen LogP contribution in [0, 0.1) is 0 Å². The smallest absolute Gasteiger partial charge is 0.0597 e. The van der Waals surface area contributed by atoms with E-state index in [1.807, 2.05) is 12.1 Å². The molecule has 1 rings (SSSR count). The molecule has 0 aliphatic rings. The zero-order chi connectivity index (χ0) is 13.4. The number of benzene rings is 1. The van der Waals surface area contributed by atoms with Crippen LogP contribution < -0.4 is 5.73 Å². The normalized spacial score (nSPS) is 11.4. The Balaban J connectivity index is 2.43. The van der Waals surface area contributed by atoms with E-state index in [-0.39, 0.29) is 0 Å². The van der Waals surface area contributed by atoms with Crippen LogP contribution in [0.25, 0.3) is 0 Å². The highest BCUT2D eigenvalue weighted by Crippen LogP contribution is 2.09. The van der Waals surface area contributed by atoms with Crippen LogP contribution in [0.5, 0.6) is 0 Å². The number of anilines is 1. The van der Waals surface area contributed by atoms with E-state index in [1.165, 1.54) is 5.56 Å². The second-order valence-corrected chi connectivity index (χ2v) is 4.94. The summed E-state index contributed by atoms with van der Waals surface area (Å²) in [5, 5.41) is 0. The lowest BCUT2D eigenvalue weighted by atomic mass is 10.2.